The third-order valence-corrected chi connectivity index (χ3v) is 4.09. The van der Waals surface area contributed by atoms with E-state index in [0.717, 1.165) is 43.7 Å². The minimum Gasteiger partial charge on any atom is -0.376 e. The zero-order valence-corrected chi connectivity index (χ0v) is 12.7. The molecule has 1 aromatic carbocycles. The van der Waals surface area contributed by atoms with E-state index in [-0.39, 0.29) is 11.3 Å². The predicted molar refractivity (Wildman–Crippen MR) is 84.2 cm³/mol. The molecule has 110 valence electrons. The van der Waals surface area contributed by atoms with E-state index >= 15 is 0 Å². The van der Waals surface area contributed by atoms with Crippen LogP contribution in [0, 0.1) is 5.41 Å². The molecule has 1 amide bonds. The SMILES string of the molecule is CCCC1(C(=O)Nc2ccccc2N(C)C)CCNC1. The van der Waals surface area contributed by atoms with E-state index in [2.05, 4.69) is 17.6 Å². The zero-order valence-electron chi connectivity index (χ0n) is 12.7. The Balaban J connectivity index is 2.18. The fourth-order valence-corrected chi connectivity index (χ4v) is 2.97. The monoisotopic (exact) mass is 275 g/mol. The van der Waals surface area contributed by atoms with Gasteiger partial charge in [0.25, 0.3) is 0 Å². The molecule has 4 nitrogen and oxygen atoms in total. The fraction of sp³-hybridized carbons (Fsp3) is 0.562. The van der Waals surface area contributed by atoms with Gasteiger partial charge in [-0.3, -0.25) is 4.79 Å². The number of rotatable bonds is 5. The van der Waals surface area contributed by atoms with Gasteiger partial charge in [0.05, 0.1) is 16.8 Å². The van der Waals surface area contributed by atoms with Crippen molar-refractivity contribution >= 4 is 17.3 Å². The Hall–Kier alpha value is -1.55. The lowest BCUT2D eigenvalue weighted by Gasteiger charge is -2.27. The summed E-state index contributed by atoms with van der Waals surface area (Å²) in [6.45, 7) is 3.86. The number of nitrogens with zero attached hydrogens (tertiary/aromatic N) is 1. The van der Waals surface area contributed by atoms with Gasteiger partial charge in [-0.15, -0.1) is 0 Å². The average molecular weight is 275 g/mol. The number of carbonyl (C=O) groups excluding carboxylic acids is 1. The van der Waals surface area contributed by atoms with Gasteiger partial charge in [0.15, 0.2) is 0 Å². The Morgan fingerprint density at radius 3 is 2.75 bits per heavy atom. The first kappa shape index (κ1) is 14.9. The largest absolute Gasteiger partial charge is 0.376 e. The second kappa shape index (κ2) is 6.27. The van der Waals surface area contributed by atoms with E-state index in [4.69, 9.17) is 0 Å². The molecule has 0 spiro atoms. The van der Waals surface area contributed by atoms with Gasteiger partial charge in [-0.05, 0) is 31.5 Å². The Bertz CT molecular complexity index is 465. The molecule has 2 N–H and O–H groups in total. The van der Waals surface area contributed by atoms with Crippen molar-refractivity contribution < 1.29 is 4.79 Å². The van der Waals surface area contributed by atoms with Crippen molar-refractivity contribution in [2.24, 2.45) is 5.41 Å². The maximum atomic E-state index is 12.7. The van der Waals surface area contributed by atoms with Crippen LogP contribution in [0.5, 0.6) is 0 Å². The summed E-state index contributed by atoms with van der Waals surface area (Å²) in [6.07, 6.45) is 2.90. The van der Waals surface area contributed by atoms with Crippen molar-refractivity contribution in [3.05, 3.63) is 24.3 Å². The Kier molecular flexibility index (Phi) is 4.65. The summed E-state index contributed by atoms with van der Waals surface area (Å²) in [5.41, 5.74) is 1.69. The van der Waals surface area contributed by atoms with E-state index < -0.39 is 0 Å². The summed E-state index contributed by atoms with van der Waals surface area (Å²) in [6, 6.07) is 7.94. The van der Waals surface area contributed by atoms with E-state index in [0.29, 0.717) is 0 Å². The molecule has 0 saturated carbocycles. The summed E-state index contributed by atoms with van der Waals surface area (Å²) in [4.78, 5) is 14.8. The van der Waals surface area contributed by atoms with Gasteiger partial charge < -0.3 is 15.5 Å². The highest BCUT2D eigenvalue weighted by molar-refractivity contribution is 5.98. The van der Waals surface area contributed by atoms with Crippen molar-refractivity contribution in [2.45, 2.75) is 26.2 Å². The molecule has 1 saturated heterocycles. The summed E-state index contributed by atoms with van der Waals surface area (Å²) >= 11 is 0. The van der Waals surface area contributed by atoms with Crippen LogP contribution in [0.2, 0.25) is 0 Å². The Morgan fingerprint density at radius 2 is 2.15 bits per heavy atom. The first-order valence-corrected chi connectivity index (χ1v) is 7.37. The fourth-order valence-electron chi connectivity index (χ4n) is 2.97. The molecular weight excluding hydrogens is 250 g/mol. The van der Waals surface area contributed by atoms with Gasteiger partial charge >= 0.3 is 0 Å². The van der Waals surface area contributed by atoms with E-state index in [1.165, 1.54) is 0 Å². The molecule has 0 aromatic heterocycles. The molecule has 1 heterocycles. The lowest BCUT2D eigenvalue weighted by molar-refractivity contribution is -0.125. The Morgan fingerprint density at radius 1 is 1.40 bits per heavy atom. The van der Waals surface area contributed by atoms with Gasteiger partial charge in [-0.25, -0.2) is 0 Å². The molecule has 1 aromatic rings. The highest BCUT2D eigenvalue weighted by Gasteiger charge is 2.40. The van der Waals surface area contributed by atoms with Gasteiger partial charge in [-0.1, -0.05) is 25.5 Å². The molecule has 4 heteroatoms. The first-order valence-electron chi connectivity index (χ1n) is 7.37. The summed E-state index contributed by atoms with van der Waals surface area (Å²) in [7, 11) is 3.98. The van der Waals surface area contributed by atoms with Crippen molar-refractivity contribution in [1.29, 1.82) is 0 Å². The molecular formula is C16H25N3O. The first-order chi connectivity index (χ1) is 9.59. The molecule has 1 aliphatic rings. The number of hydrogen-bond acceptors (Lipinski definition) is 3. The number of carbonyl (C=O) groups is 1. The molecule has 0 aliphatic carbocycles. The maximum Gasteiger partial charge on any atom is 0.231 e. The molecule has 0 bridgehead atoms. The van der Waals surface area contributed by atoms with Gasteiger partial charge in [-0.2, -0.15) is 0 Å². The van der Waals surface area contributed by atoms with Gasteiger partial charge in [0.1, 0.15) is 0 Å². The van der Waals surface area contributed by atoms with Crippen LogP contribution < -0.4 is 15.5 Å². The summed E-state index contributed by atoms with van der Waals surface area (Å²) in [5.74, 6) is 0.152. The van der Waals surface area contributed by atoms with Crippen molar-refractivity contribution in [1.82, 2.24) is 5.32 Å². The van der Waals surface area contributed by atoms with E-state index in [1.54, 1.807) is 0 Å². The second-order valence-corrected chi connectivity index (χ2v) is 5.82. The smallest absolute Gasteiger partial charge is 0.231 e. The van der Waals surface area contributed by atoms with E-state index in [1.807, 2.05) is 43.3 Å². The number of benzene rings is 1. The van der Waals surface area contributed by atoms with Crippen LogP contribution in [0.15, 0.2) is 24.3 Å². The molecule has 2 rings (SSSR count). The van der Waals surface area contributed by atoms with Crippen LogP contribution in [0.4, 0.5) is 11.4 Å². The summed E-state index contributed by atoms with van der Waals surface area (Å²) < 4.78 is 0. The quantitative estimate of drug-likeness (QED) is 0.867. The highest BCUT2D eigenvalue weighted by Crippen LogP contribution is 2.34. The summed E-state index contributed by atoms with van der Waals surface area (Å²) in [5, 5.41) is 6.47. The molecule has 1 atom stereocenters. The zero-order chi connectivity index (χ0) is 14.6. The lowest BCUT2D eigenvalue weighted by atomic mass is 9.81. The van der Waals surface area contributed by atoms with Crippen LogP contribution in [-0.4, -0.2) is 33.1 Å². The van der Waals surface area contributed by atoms with Crippen molar-refractivity contribution in [3.63, 3.8) is 0 Å². The number of nitrogens with one attached hydrogen (secondary N) is 2. The maximum absolute atomic E-state index is 12.7. The van der Waals surface area contributed by atoms with Crippen LogP contribution in [0.3, 0.4) is 0 Å². The number of hydrogen-bond donors (Lipinski definition) is 2. The average Bonchev–Trinajstić information content (AvgIpc) is 2.89. The number of para-hydroxylation sites is 2. The third-order valence-electron chi connectivity index (χ3n) is 4.09. The van der Waals surface area contributed by atoms with Crippen LogP contribution in [0.1, 0.15) is 26.2 Å². The van der Waals surface area contributed by atoms with Crippen LogP contribution in [-0.2, 0) is 4.79 Å². The standard InChI is InChI=1S/C16H25N3O/c1-4-9-16(10-11-17-12-16)15(20)18-13-7-5-6-8-14(13)19(2)3/h5-8,17H,4,9-12H2,1-3H3,(H,18,20). The topological polar surface area (TPSA) is 44.4 Å². The van der Waals surface area contributed by atoms with Crippen molar-refractivity contribution in [2.75, 3.05) is 37.4 Å². The van der Waals surface area contributed by atoms with E-state index in [9.17, 15) is 4.79 Å². The third kappa shape index (κ3) is 2.96. The Labute approximate surface area is 121 Å². The normalized spacial score (nSPS) is 21.8. The second-order valence-electron chi connectivity index (χ2n) is 5.82. The molecule has 20 heavy (non-hydrogen) atoms. The molecule has 0 radical (unpaired) electrons. The van der Waals surface area contributed by atoms with Crippen molar-refractivity contribution in [3.8, 4) is 0 Å². The molecule has 1 unspecified atom stereocenters. The molecule has 1 aliphatic heterocycles. The van der Waals surface area contributed by atoms with Crippen LogP contribution >= 0.6 is 0 Å². The highest BCUT2D eigenvalue weighted by atomic mass is 16.2. The minimum absolute atomic E-state index is 0.152. The lowest BCUT2D eigenvalue weighted by Crippen LogP contribution is -2.38. The number of amides is 1. The van der Waals surface area contributed by atoms with Gasteiger partial charge in [0, 0.05) is 20.6 Å². The molecule has 1 fully saturated rings. The minimum atomic E-state index is -0.242. The van der Waals surface area contributed by atoms with Crippen LogP contribution in [0.25, 0.3) is 0 Å². The number of anilines is 2. The predicted octanol–water partition coefficient (Wildman–Crippen LogP) is 2.47. The van der Waals surface area contributed by atoms with Gasteiger partial charge in [0.2, 0.25) is 5.91 Å².